The zero-order valence-corrected chi connectivity index (χ0v) is 14.7. The number of piperidine rings is 1. The van der Waals surface area contributed by atoms with Crippen LogP contribution in [0.3, 0.4) is 0 Å². The van der Waals surface area contributed by atoms with E-state index in [-0.39, 0.29) is 19.4 Å². The average molecular weight is 404 g/mol. The first-order valence-corrected chi connectivity index (χ1v) is 9.13. The van der Waals surface area contributed by atoms with Gasteiger partial charge in [0.05, 0.1) is 6.04 Å². The monoisotopic (exact) mass is 404 g/mol. The van der Waals surface area contributed by atoms with Crippen LogP contribution in [0.5, 0.6) is 0 Å². The number of hydroxylamine groups is 2. The smallest absolute Gasteiger partial charge is 0.309 e. The van der Waals surface area contributed by atoms with Crippen molar-refractivity contribution in [3.63, 3.8) is 0 Å². The number of amides is 4. The van der Waals surface area contributed by atoms with Crippen molar-refractivity contribution in [1.29, 1.82) is 0 Å². The molecule has 2 bridgehead atoms. The minimum Gasteiger partial charge on any atom is -0.309 e. The highest BCUT2D eigenvalue weighted by molar-refractivity contribution is 7.80. The minimum atomic E-state index is -4.87. The van der Waals surface area contributed by atoms with E-state index in [1.165, 1.54) is 17.9 Å². The predicted octanol–water partition coefficient (Wildman–Crippen LogP) is -2.62. The zero-order valence-electron chi connectivity index (χ0n) is 13.9. The average Bonchev–Trinajstić information content (AvgIpc) is 3.22. The molecule has 0 radical (unpaired) electrons. The van der Waals surface area contributed by atoms with E-state index < -0.39 is 46.4 Å². The molecule has 3 heterocycles. The molecule has 0 saturated carbocycles. The number of nitrogens with zero attached hydrogens (tertiary/aromatic N) is 6. The molecule has 0 spiro atoms. The van der Waals surface area contributed by atoms with Crippen molar-refractivity contribution in [2.24, 2.45) is 0 Å². The molecule has 2 saturated heterocycles. The van der Waals surface area contributed by atoms with E-state index in [1.807, 2.05) is 0 Å². The Morgan fingerprint density at radius 3 is 2.74 bits per heavy atom. The highest BCUT2D eigenvalue weighted by Crippen LogP contribution is 2.30. The normalized spacial score (nSPS) is 23.3. The van der Waals surface area contributed by atoms with Crippen LogP contribution in [0.2, 0.25) is 0 Å². The number of carbonyl (C=O) groups excluding carboxylic acids is 3. The standard InChI is InChI=1S/C11H16N8O7S/c1-6(18-5-12-15-16-18)9(20)13-14-10(21)8-3-2-7-4-17(8)11(22)19(7)26-27(23,24)25/h5-8H,2-4H2,1H3,(H,13,20)(H,14,21)(H,23,24,25)/t6?,7-,8+/m1/s1. The fourth-order valence-electron chi connectivity index (χ4n) is 2.88. The van der Waals surface area contributed by atoms with E-state index in [0.29, 0.717) is 5.06 Å². The van der Waals surface area contributed by atoms with Crippen LogP contribution in [-0.2, 0) is 24.3 Å². The van der Waals surface area contributed by atoms with Gasteiger partial charge >= 0.3 is 16.4 Å². The van der Waals surface area contributed by atoms with E-state index in [0.717, 1.165) is 4.90 Å². The lowest BCUT2D eigenvalue weighted by Gasteiger charge is -2.29. The quantitative estimate of drug-likeness (QED) is 0.346. The van der Waals surface area contributed by atoms with Gasteiger partial charge in [0.25, 0.3) is 11.8 Å². The van der Waals surface area contributed by atoms with Crippen LogP contribution in [0.15, 0.2) is 6.33 Å². The molecule has 1 aromatic rings. The molecule has 2 fully saturated rings. The third-order valence-electron chi connectivity index (χ3n) is 4.25. The van der Waals surface area contributed by atoms with Gasteiger partial charge in [0.15, 0.2) is 0 Å². The van der Waals surface area contributed by atoms with Crippen molar-refractivity contribution in [3.8, 4) is 0 Å². The second-order valence-corrected chi connectivity index (χ2v) is 6.96. The molecule has 2 aliphatic heterocycles. The van der Waals surface area contributed by atoms with Crippen LogP contribution in [0.25, 0.3) is 0 Å². The summed E-state index contributed by atoms with van der Waals surface area (Å²) in [5.74, 6) is -1.25. The Hall–Kier alpha value is -2.85. The lowest BCUT2D eigenvalue weighted by Crippen LogP contribution is -2.54. The van der Waals surface area contributed by atoms with Gasteiger partial charge in [0.2, 0.25) is 0 Å². The van der Waals surface area contributed by atoms with E-state index in [4.69, 9.17) is 4.55 Å². The van der Waals surface area contributed by atoms with E-state index >= 15 is 0 Å². The molecule has 3 rings (SSSR count). The van der Waals surface area contributed by atoms with Gasteiger partial charge in [-0.05, 0) is 30.2 Å². The Bertz CT molecular complexity index is 843. The third kappa shape index (κ3) is 3.96. The summed E-state index contributed by atoms with van der Waals surface area (Å²) in [6.07, 6.45) is 1.72. The molecule has 2 aliphatic rings. The molecule has 0 aromatic carbocycles. The van der Waals surface area contributed by atoms with Gasteiger partial charge in [-0.2, -0.15) is 13.5 Å². The molecule has 3 atom stereocenters. The third-order valence-corrected chi connectivity index (χ3v) is 4.60. The van der Waals surface area contributed by atoms with Gasteiger partial charge in [-0.15, -0.1) is 9.38 Å². The Labute approximate surface area is 152 Å². The second kappa shape index (κ2) is 7.05. The van der Waals surface area contributed by atoms with Crippen LogP contribution in [-0.4, -0.2) is 79.6 Å². The lowest BCUT2D eigenvalue weighted by atomic mass is 10.0. The number of hydrogen-bond donors (Lipinski definition) is 3. The molecule has 148 valence electrons. The number of fused-ring (bicyclic) bond motifs is 2. The molecular formula is C11H16N8O7S. The van der Waals surface area contributed by atoms with Crippen LogP contribution in [0.1, 0.15) is 25.8 Å². The fraction of sp³-hybridized carbons (Fsp3) is 0.636. The SMILES string of the molecule is CC(C(=O)NNC(=O)[C@@H]1CC[C@@H]2CN1C(=O)N2OS(=O)(=O)O)n1cnnn1. The number of urea groups is 1. The molecular weight excluding hydrogens is 388 g/mol. The van der Waals surface area contributed by atoms with Gasteiger partial charge in [-0.3, -0.25) is 25.0 Å². The maximum absolute atomic E-state index is 12.3. The Morgan fingerprint density at radius 1 is 1.37 bits per heavy atom. The van der Waals surface area contributed by atoms with E-state index in [2.05, 4.69) is 30.7 Å². The molecule has 0 aliphatic carbocycles. The topological polar surface area (TPSA) is 189 Å². The number of nitrogens with one attached hydrogen (secondary N) is 2. The summed E-state index contributed by atoms with van der Waals surface area (Å²) in [6.45, 7) is 1.55. The van der Waals surface area contributed by atoms with E-state index in [1.54, 1.807) is 0 Å². The molecule has 16 heteroatoms. The number of tetrazole rings is 1. The van der Waals surface area contributed by atoms with Crippen molar-refractivity contribution in [2.75, 3.05) is 6.54 Å². The lowest BCUT2D eigenvalue weighted by molar-refractivity contribution is -0.133. The Balaban J connectivity index is 1.58. The van der Waals surface area contributed by atoms with Crippen LogP contribution < -0.4 is 10.9 Å². The zero-order chi connectivity index (χ0) is 19.8. The predicted molar refractivity (Wildman–Crippen MR) is 82.2 cm³/mol. The summed E-state index contributed by atoms with van der Waals surface area (Å²) in [4.78, 5) is 37.7. The minimum absolute atomic E-state index is 0.0431. The first-order valence-electron chi connectivity index (χ1n) is 7.76. The van der Waals surface area contributed by atoms with Gasteiger partial charge < -0.3 is 4.90 Å². The number of carbonyl (C=O) groups is 3. The van der Waals surface area contributed by atoms with Crippen LogP contribution in [0, 0.1) is 0 Å². The number of hydrazine groups is 1. The first kappa shape index (κ1) is 18.9. The summed E-state index contributed by atoms with van der Waals surface area (Å²) in [5.41, 5.74) is 4.44. The largest absolute Gasteiger partial charge is 0.418 e. The van der Waals surface area contributed by atoms with Crippen LogP contribution in [0.4, 0.5) is 4.79 Å². The van der Waals surface area contributed by atoms with Crippen molar-refractivity contribution >= 4 is 28.2 Å². The Kier molecular flexibility index (Phi) is 4.94. The van der Waals surface area contributed by atoms with Crippen molar-refractivity contribution < 1.29 is 31.6 Å². The van der Waals surface area contributed by atoms with Gasteiger partial charge in [0, 0.05) is 6.54 Å². The first-order chi connectivity index (χ1) is 12.7. The summed E-state index contributed by atoms with van der Waals surface area (Å²) in [5, 5.41) is 10.9. The molecule has 3 N–H and O–H groups in total. The maximum atomic E-state index is 12.3. The summed E-state index contributed by atoms with van der Waals surface area (Å²) in [6, 6.07) is -3.21. The van der Waals surface area contributed by atoms with Crippen molar-refractivity contribution in [3.05, 3.63) is 6.33 Å². The number of rotatable bonds is 5. The number of hydrogen-bond acceptors (Lipinski definition) is 9. The van der Waals surface area contributed by atoms with Crippen LogP contribution >= 0.6 is 0 Å². The molecule has 1 aromatic heterocycles. The second-order valence-electron chi connectivity index (χ2n) is 5.95. The summed E-state index contributed by atoms with van der Waals surface area (Å²) < 4.78 is 35.9. The highest BCUT2D eigenvalue weighted by Gasteiger charge is 2.49. The molecule has 1 unspecified atom stereocenters. The number of aromatic nitrogens is 4. The van der Waals surface area contributed by atoms with Gasteiger partial charge in [-0.1, -0.05) is 0 Å². The summed E-state index contributed by atoms with van der Waals surface area (Å²) in [7, 11) is -4.87. The van der Waals surface area contributed by atoms with Gasteiger partial charge in [0.1, 0.15) is 18.4 Å². The molecule has 27 heavy (non-hydrogen) atoms. The molecule has 15 nitrogen and oxygen atoms in total. The maximum Gasteiger partial charge on any atom is 0.418 e. The Morgan fingerprint density at radius 2 is 2.11 bits per heavy atom. The van der Waals surface area contributed by atoms with Gasteiger partial charge in [-0.25, -0.2) is 9.48 Å². The molecule has 4 amide bonds. The van der Waals surface area contributed by atoms with Crippen molar-refractivity contribution in [1.82, 2.24) is 41.0 Å². The van der Waals surface area contributed by atoms with E-state index in [9.17, 15) is 22.8 Å². The fourth-order valence-corrected chi connectivity index (χ4v) is 3.27. The summed E-state index contributed by atoms with van der Waals surface area (Å²) >= 11 is 0. The van der Waals surface area contributed by atoms with Crippen molar-refractivity contribution in [2.45, 2.75) is 37.9 Å². The highest BCUT2D eigenvalue weighted by atomic mass is 32.3.